The van der Waals surface area contributed by atoms with Crippen molar-refractivity contribution in [3.05, 3.63) is 33.7 Å². The van der Waals surface area contributed by atoms with Gasteiger partial charge in [-0.1, -0.05) is 29.0 Å². The Morgan fingerprint density at radius 2 is 2.05 bits per heavy atom. The van der Waals surface area contributed by atoms with E-state index in [2.05, 4.69) is 29.5 Å². The Kier molecular flexibility index (Phi) is 4.45. The van der Waals surface area contributed by atoms with Crippen molar-refractivity contribution in [3.8, 4) is 11.3 Å². The van der Waals surface area contributed by atoms with Crippen molar-refractivity contribution in [1.29, 1.82) is 0 Å². The fraction of sp³-hybridized carbons (Fsp3) is 0.357. The second-order valence-corrected chi connectivity index (χ2v) is 5.92. The number of hydrogen-bond acceptors (Lipinski definition) is 4. The van der Waals surface area contributed by atoms with Crippen molar-refractivity contribution in [2.45, 2.75) is 19.9 Å². The predicted molar refractivity (Wildman–Crippen MR) is 84.3 cm³/mol. The quantitative estimate of drug-likeness (QED) is 0.892. The van der Waals surface area contributed by atoms with Gasteiger partial charge in [-0.05, 0) is 38.6 Å². The summed E-state index contributed by atoms with van der Waals surface area (Å²) in [5.74, 6) is 0. The molecule has 2 rings (SSSR count). The first-order valence-electron chi connectivity index (χ1n) is 6.19. The maximum Gasteiger partial charge on any atom is 0.183 e. The number of benzene rings is 1. The molecule has 2 aromatic rings. The fourth-order valence-corrected chi connectivity index (χ4v) is 3.07. The van der Waals surface area contributed by atoms with Crippen LogP contribution in [-0.4, -0.2) is 19.1 Å². The Balaban J connectivity index is 2.59. The van der Waals surface area contributed by atoms with E-state index in [1.807, 2.05) is 32.3 Å². The summed E-state index contributed by atoms with van der Waals surface area (Å²) in [4.78, 5) is 5.90. The second-order valence-electron chi connectivity index (χ2n) is 4.45. The molecule has 0 radical (unpaired) electrons. The fourth-order valence-electron chi connectivity index (χ4n) is 1.91. The highest BCUT2D eigenvalue weighted by atomic mass is 35.5. The molecule has 3 nitrogen and oxygen atoms in total. The van der Waals surface area contributed by atoms with E-state index in [-0.39, 0.29) is 6.04 Å². The lowest BCUT2D eigenvalue weighted by molar-refractivity contribution is 0.664. The van der Waals surface area contributed by atoms with Crippen LogP contribution < -0.4 is 10.6 Å². The molecule has 0 aliphatic heterocycles. The van der Waals surface area contributed by atoms with E-state index in [4.69, 9.17) is 11.6 Å². The number of halogens is 1. The van der Waals surface area contributed by atoms with Crippen molar-refractivity contribution < 1.29 is 0 Å². The predicted octanol–water partition coefficient (Wildman–Crippen LogP) is 4.09. The van der Waals surface area contributed by atoms with E-state index in [9.17, 15) is 0 Å². The summed E-state index contributed by atoms with van der Waals surface area (Å²) >= 11 is 7.79. The van der Waals surface area contributed by atoms with Crippen LogP contribution in [-0.2, 0) is 0 Å². The average Bonchev–Trinajstić information content (AvgIpc) is 2.84. The maximum absolute atomic E-state index is 6.12. The molecule has 1 atom stereocenters. The van der Waals surface area contributed by atoms with Crippen LogP contribution in [0.15, 0.2) is 18.2 Å². The number of aryl methyl sites for hydroxylation is 1. The lowest BCUT2D eigenvalue weighted by Crippen LogP contribution is -2.11. The van der Waals surface area contributed by atoms with Crippen LogP contribution in [0.2, 0.25) is 5.02 Å². The molecule has 0 aliphatic carbocycles. The number of nitrogens with one attached hydrogen (secondary N) is 2. The molecular formula is C14H18ClN3S. The molecule has 0 bridgehead atoms. The first-order chi connectivity index (χ1) is 9.06. The lowest BCUT2D eigenvalue weighted by Gasteiger charge is -2.11. The van der Waals surface area contributed by atoms with Gasteiger partial charge in [0.05, 0.1) is 10.6 Å². The van der Waals surface area contributed by atoms with Crippen LogP contribution in [0.3, 0.4) is 0 Å². The molecule has 5 heteroatoms. The van der Waals surface area contributed by atoms with Crippen LogP contribution in [0.25, 0.3) is 11.3 Å². The third-order valence-corrected chi connectivity index (χ3v) is 4.64. The molecule has 1 unspecified atom stereocenters. The van der Waals surface area contributed by atoms with E-state index in [0.717, 1.165) is 21.4 Å². The normalized spacial score (nSPS) is 12.5. The molecule has 0 aliphatic rings. The number of aromatic nitrogens is 1. The Labute approximate surface area is 123 Å². The number of anilines is 1. The van der Waals surface area contributed by atoms with Gasteiger partial charge < -0.3 is 10.6 Å². The summed E-state index contributed by atoms with van der Waals surface area (Å²) in [5, 5.41) is 8.05. The van der Waals surface area contributed by atoms with E-state index < -0.39 is 0 Å². The van der Waals surface area contributed by atoms with Crippen molar-refractivity contribution in [2.75, 3.05) is 19.4 Å². The first kappa shape index (κ1) is 14.3. The third kappa shape index (κ3) is 2.91. The highest BCUT2D eigenvalue weighted by molar-refractivity contribution is 7.16. The smallest absolute Gasteiger partial charge is 0.183 e. The van der Waals surface area contributed by atoms with Gasteiger partial charge in [0.25, 0.3) is 0 Å². The van der Waals surface area contributed by atoms with Gasteiger partial charge in [-0.2, -0.15) is 0 Å². The van der Waals surface area contributed by atoms with Gasteiger partial charge in [-0.25, -0.2) is 4.98 Å². The maximum atomic E-state index is 6.12. The van der Waals surface area contributed by atoms with Gasteiger partial charge in [0.1, 0.15) is 0 Å². The summed E-state index contributed by atoms with van der Waals surface area (Å²) in [6.45, 7) is 4.22. The Morgan fingerprint density at radius 3 is 2.68 bits per heavy atom. The zero-order valence-electron chi connectivity index (χ0n) is 11.5. The first-order valence-corrected chi connectivity index (χ1v) is 7.38. The molecule has 1 aromatic heterocycles. The molecule has 102 valence electrons. The second kappa shape index (κ2) is 5.90. The molecule has 0 saturated heterocycles. The Morgan fingerprint density at radius 1 is 1.32 bits per heavy atom. The molecule has 19 heavy (non-hydrogen) atoms. The van der Waals surface area contributed by atoms with Gasteiger partial charge in [0.2, 0.25) is 0 Å². The van der Waals surface area contributed by atoms with Crippen LogP contribution >= 0.6 is 22.9 Å². The van der Waals surface area contributed by atoms with E-state index in [1.165, 1.54) is 10.4 Å². The molecule has 0 amide bonds. The van der Waals surface area contributed by atoms with Gasteiger partial charge >= 0.3 is 0 Å². The Hall–Kier alpha value is -1.10. The molecule has 0 fully saturated rings. The van der Waals surface area contributed by atoms with Gasteiger partial charge in [-0.3, -0.25) is 0 Å². The summed E-state index contributed by atoms with van der Waals surface area (Å²) in [5.41, 5.74) is 3.29. The molecular weight excluding hydrogens is 278 g/mol. The lowest BCUT2D eigenvalue weighted by atomic mass is 10.0. The summed E-state index contributed by atoms with van der Waals surface area (Å²) in [7, 11) is 3.85. The molecule has 0 saturated carbocycles. The summed E-state index contributed by atoms with van der Waals surface area (Å²) in [6.07, 6.45) is 0. The zero-order valence-corrected chi connectivity index (χ0v) is 13.1. The molecule has 2 N–H and O–H groups in total. The minimum absolute atomic E-state index is 0.257. The zero-order chi connectivity index (χ0) is 14.0. The highest BCUT2D eigenvalue weighted by Gasteiger charge is 2.18. The topological polar surface area (TPSA) is 37.0 Å². The van der Waals surface area contributed by atoms with Gasteiger partial charge in [-0.15, -0.1) is 0 Å². The average molecular weight is 296 g/mol. The van der Waals surface area contributed by atoms with Gasteiger partial charge in [0, 0.05) is 23.7 Å². The monoisotopic (exact) mass is 295 g/mol. The van der Waals surface area contributed by atoms with Crippen molar-refractivity contribution >= 4 is 28.1 Å². The van der Waals surface area contributed by atoms with E-state index >= 15 is 0 Å². The largest absolute Gasteiger partial charge is 0.365 e. The van der Waals surface area contributed by atoms with Crippen molar-refractivity contribution in [2.24, 2.45) is 0 Å². The van der Waals surface area contributed by atoms with Crippen LogP contribution in [0.4, 0.5) is 5.13 Å². The van der Waals surface area contributed by atoms with Crippen LogP contribution in [0.5, 0.6) is 0 Å². The third-order valence-electron chi connectivity index (χ3n) is 3.15. The van der Waals surface area contributed by atoms with Crippen molar-refractivity contribution in [3.63, 3.8) is 0 Å². The Bertz CT molecular complexity index is 580. The van der Waals surface area contributed by atoms with Crippen LogP contribution in [0.1, 0.15) is 23.4 Å². The van der Waals surface area contributed by atoms with Crippen molar-refractivity contribution in [1.82, 2.24) is 10.3 Å². The molecule has 1 aromatic carbocycles. The number of hydrogen-bond donors (Lipinski definition) is 2. The standard InChI is InChI=1S/C14H18ClN3S/c1-8-5-6-10(15)7-11(8)12-13(9(2)16-3)19-14(17-4)18-12/h5-7,9,16H,1-4H3,(H,17,18). The number of nitrogens with zero attached hydrogens (tertiary/aromatic N) is 1. The number of thiazole rings is 1. The number of rotatable bonds is 4. The minimum Gasteiger partial charge on any atom is -0.365 e. The van der Waals surface area contributed by atoms with Gasteiger partial charge in [0.15, 0.2) is 5.13 Å². The SMILES string of the molecule is CNc1nc(-c2cc(Cl)ccc2C)c(C(C)NC)s1. The van der Waals surface area contributed by atoms with E-state index in [0.29, 0.717) is 0 Å². The highest BCUT2D eigenvalue weighted by Crippen LogP contribution is 2.37. The van der Waals surface area contributed by atoms with Crippen LogP contribution in [0, 0.1) is 6.92 Å². The van der Waals surface area contributed by atoms with E-state index in [1.54, 1.807) is 11.3 Å². The molecule has 1 heterocycles. The summed E-state index contributed by atoms with van der Waals surface area (Å²) in [6, 6.07) is 6.18. The molecule has 0 spiro atoms. The minimum atomic E-state index is 0.257. The summed E-state index contributed by atoms with van der Waals surface area (Å²) < 4.78 is 0.